The molecule has 1 saturated carbocycles. The summed E-state index contributed by atoms with van der Waals surface area (Å²) in [5.41, 5.74) is 0. The predicted molar refractivity (Wildman–Crippen MR) is 78.0 cm³/mol. The van der Waals surface area contributed by atoms with E-state index >= 15 is 0 Å². The van der Waals surface area contributed by atoms with Gasteiger partial charge in [-0.3, -0.25) is 9.59 Å². The van der Waals surface area contributed by atoms with Crippen LogP contribution >= 0.6 is 0 Å². The zero-order valence-electron chi connectivity index (χ0n) is 13.2. The van der Waals surface area contributed by atoms with Gasteiger partial charge in [-0.2, -0.15) is 0 Å². The van der Waals surface area contributed by atoms with E-state index in [0.29, 0.717) is 45.1 Å². The number of hydrogen-bond donors (Lipinski definition) is 1. The Hall–Kier alpha value is -1.14. The van der Waals surface area contributed by atoms with Gasteiger partial charge in [0.2, 0.25) is 5.91 Å². The van der Waals surface area contributed by atoms with Crippen molar-refractivity contribution in [2.45, 2.75) is 26.2 Å². The van der Waals surface area contributed by atoms with Crippen LogP contribution in [0, 0.1) is 17.8 Å². The second-order valence-corrected chi connectivity index (χ2v) is 5.61. The Morgan fingerprint density at radius 1 is 1.10 bits per heavy atom. The van der Waals surface area contributed by atoms with E-state index in [1.807, 2.05) is 6.92 Å². The normalized spacial score (nSPS) is 25.0. The van der Waals surface area contributed by atoms with Crippen LogP contribution in [0.15, 0.2) is 0 Å². The number of rotatable bonds is 9. The summed E-state index contributed by atoms with van der Waals surface area (Å²) in [6.45, 7) is 3.87. The average Bonchev–Trinajstić information content (AvgIpc) is 2.91. The summed E-state index contributed by atoms with van der Waals surface area (Å²) in [6, 6.07) is 0. The lowest BCUT2D eigenvalue weighted by atomic mass is 9.94. The van der Waals surface area contributed by atoms with E-state index < -0.39 is 17.8 Å². The Bertz CT molecular complexity index is 339. The fraction of sp³-hybridized carbons (Fsp3) is 0.867. The fourth-order valence-corrected chi connectivity index (χ4v) is 2.99. The number of hydrogen-bond acceptors (Lipinski definition) is 4. The first-order chi connectivity index (χ1) is 10.0. The lowest BCUT2D eigenvalue weighted by Gasteiger charge is -2.27. The van der Waals surface area contributed by atoms with Gasteiger partial charge in [0.1, 0.15) is 0 Å². The Kier molecular flexibility index (Phi) is 7.67. The molecule has 0 heterocycles. The molecule has 1 amide bonds. The first-order valence-corrected chi connectivity index (χ1v) is 7.54. The van der Waals surface area contributed by atoms with Crippen molar-refractivity contribution in [3.8, 4) is 0 Å². The molecule has 21 heavy (non-hydrogen) atoms. The van der Waals surface area contributed by atoms with Crippen LogP contribution in [0.1, 0.15) is 26.2 Å². The minimum Gasteiger partial charge on any atom is -0.481 e. The van der Waals surface area contributed by atoms with Crippen molar-refractivity contribution >= 4 is 11.9 Å². The van der Waals surface area contributed by atoms with Crippen LogP contribution in [0.2, 0.25) is 0 Å². The van der Waals surface area contributed by atoms with Crippen molar-refractivity contribution in [2.24, 2.45) is 17.8 Å². The predicted octanol–water partition coefficient (Wildman–Crippen LogP) is 1.24. The van der Waals surface area contributed by atoms with Crippen molar-refractivity contribution in [1.82, 2.24) is 4.90 Å². The SMILES string of the molecule is CCC1C[C@H](C(=O)N(CCOC)CCOC)[C@H](C(=O)O)C1. The summed E-state index contributed by atoms with van der Waals surface area (Å²) in [4.78, 5) is 25.8. The third-order valence-corrected chi connectivity index (χ3v) is 4.31. The van der Waals surface area contributed by atoms with E-state index in [1.165, 1.54) is 0 Å². The van der Waals surface area contributed by atoms with E-state index in [1.54, 1.807) is 19.1 Å². The number of carbonyl (C=O) groups is 2. The molecule has 122 valence electrons. The monoisotopic (exact) mass is 301 g/mol. The first-order valence-electron chi connectivity index (χ1n) is 7.54. The number of ether oxygens (including phenoxy) is 2. The van der Waals surface area contributed by atoms with Crippen LogP contribution in [0.3, 0.4) is 0 Å². The fourth-order valence-electron chi connectivity index (χ4n) is 2.99. The highest BCUT2D eigenvalue weighted by Crippen LogP contribution is 2.39. The summed E-state index contributed by atoms with van der Waals surface area (Å²) in [7, 11) is 3.17. The van der Waals surface area contributed by atoms with Gasteiger partial charge in [0.15, 0.2) is 0 Å². The second kappa shape index (κ2) is 9.00. The molecule has 0 radical (unpaired) electrons. The number of methoxy groups -OCH3 is 2. The van der Waals surface area contributed by atoms with Crippen molar-refractivity contribution in [3.63, 3.8) is 0 Å². The van der Waals surface area contributed by atoms with E-state index in [9.17, 15) is 14.7 Å². The molecule has 3 atom stereocenters. The van der Waals surface area contributed by atoms with Crippen molar-refractivity contribution in [2.75, 3.05) is 40.5 Å². The lowest BCUT2D eigenvalue weighted by Crippen LogP contribution is -2.42. The Morgan fingerprint density at radius 3 is 2.05 bits per heavy atom. The lowest BCUT2D eigenvalue weighted by molar-refractivity contribution is -0.149. The molecule has 1 aliphatic rings. The van der Waals surface area contributed by atoms with Gasteiger partial charge in [-0.25, -0.2) is 0 Å². The van der Waals surface area contributed by atoms with Crippen LogP contribution in [0.5, 0.6) is 0 Å². The quantitative estimate of drug-likeness (QED) is 0.693. The largest absolute Gasteiger partial charge is 0.481 e. The van der Waals surface area contributed by atoms with Gasteiger partial charge in [-0.05, 0) is 18.8 Å². The van der Waals surface area contributed by atoms with Gasteiger partial charge >= 0.3 is 5.97 Å². The molecule has 1 fully saturated rings. The van der Waals surface area contributed by atoms with Crippen LogP contribution < -0.4 is 0 Å². The summed E-state index contributed by atoms with van der Waals surface area (Å²) in [6.07, 6.45) is 2.19. The van der Waals surface area contributed by atoms with Crippen LogP contribution in [0.25, 0.3) is 0 Å². The number of carboxylic acids is 1. The van der Waals surface area contributed by atoms with Gasteiger partial charge in [0, 0.05) is 27.3 Å². The first kappa shape index (κ1) is 17.9. The van der Waals surface area contributed by atoms with Crippen molar-refractivity contribution < 1.29 is 24.2 Å². The molecule has 0 aromatic heterocycles. The summed E-state index contributed by atoms with van der Waals surface area (Å²) >= 11 is 0. The molecule has 0 aromatic carbocycles. The van der Waals surface area contributed by atoms with E-state index in [4.69, 9.17) is 9.47 Å². The number of aliphatic carboxylic acids is 1. The summed E-state index contributed by atoms with van der Waals surface area (Å²) in [5, 5.41) is 9.36. The highest BCUT2D eigenvalue weighted by Gasteiger charge is 2.43. The van der Waals surface area contributed by atoms with Gasteiger partial charge in [-0.1, -0.05) is 13.3 Å². The molecule has 6 nitrogen and oxygen atoms in total. The molecule has 0 aromatic rings. The molecular formula is C15H27NO5. The van der Waals surface area contributed by atoms with Gasteiger partial charge in [-0.15, -0.1) is 0 Å². The Morgan fingerprint density at radius 2 is 1.62 bits per heavy atom. The molecule has 6 heteroatoms. The third kappa shape index (κ3) is 4.97. The highest BCUT2D eigenvalue weighted by atomic mass is 16.5. The van der Waals surface area contributed by atoms with Crippen LogP contribution in [-0.4, -0.2) is 62.4 Å². The number of amides is 1. The maximum absolute atomic E-state index is 12.7. The van der Waals surface area contributed by atoms with E-state index in [2.05, 4.69) is 0 Å². The maximum Gasteiger partial charge on any atom is 0.307 e. The maximum atomic E-state index is 12.7. The summed E-state index contributed by atoms with van der Waals surface area (Å²) in [5.74, 6) is -1.59. The molecule has 0 spiro atoms. The molecule has 1 aliphatic carbocycles. The topological polar surface area (TPSA) is 76.1 Å². The minimum atomic E-state index is -0.859. The van der Waals surface area contributed by atoms with Gasteiger partial charge < -0.3 is 19.5 Å². The minimum absolute atomic E-state index is 0.0764. The molecule has 0 aliphatic heterocycles. The zero-order chi connectivity index (χ0) is 15.8. The smallest absolute Gasteiger partial charge is 0.307 e. The Balaban J connectivity index is 2.76. The standard InChI is InChI=1S/C15H27NO5/c1-4-11-9-12(13(10-11)15(18)19)14(17)16(5-7-20-2)6-8-21-3/h11-13H,4-10H2,1-3H3,(H,18,19)/t11?,12-,13+/m0/s1. The molecule has 1 N–H and O–H groups in total. The number of carbonyl (C=O) groups excluding carboxylic acids is 1. The van der Waals surface area contributed by atoms with Crippen molar-refractivity contribution in [3.05, 3.63) is 0 Å². The Labute approximate surface area is 126 Å². The average molecular weight is 301 g/mol. The third-order valence-electron chi connectivity index (χ3n) is 4.31. The van der Waals surface area contributed by atoms with E-state index in [-0.39, 0.29) is 5.91 Å². The molecule has 1 unspecified atom stereocenters. The summed E-state index contributed by atoms with van der Waals surface area (Å²) < 4.78 is 10.1. The second-order valence-electron chi connectivity index (χ2n) is 5.61. The number of nitrogens with zero attached hydrogens (tertiary/aromatic N) is 1. The van der Waals surface area contributed by atoms with Crippen molar-refractivity contribution in [1.29, 1.82) is 0 Å². The van der Waals surface area contributed by atoms with Crippen LogP contribution in [0.4, 0.5) is 0 Å². The highest BCUT2D eigenvalue weighted by molar-refractivity contribution is 5.85. The molecule has 1 rings (SSSR count). The van der Waals surface area contributed by atoms with Crippen LogP contribution in [-0.2, 0) is 19.1 Å². The molecule has 0 bridgehead atoms. The molecular weight excluding hydrogens is 274 g/mol. The number of carboxylic acid groups (broad SMARTS) is 1. The van der Waals surface area contributed by atoms with Gasteiger partial charge in [0.05, 0.1) is 25.0 Å². The van der Waals surface area contributed by atoms with E-state index in [0.717, 1.165) is 6.42 Å². The van der Waals surface area contributed by atoms with Gasteiger partial charge in [0.25, 0.3) is 0 Å². The molecule has 0 saturated heterocycles. The zero-order valence-corrected chi connectivity index (χ0v) is 13.2.